The van der Waals surface area contributed by atoms with E-state index in [-0.39, 0.29) is 0 Å². The number of hydrogen-bond acceptors (Lipinski definition) is 5. The Morgan fingerprint density at radius 3 is 2.36 bits per heavy atom. The molecular formula is C23H26N4O. The Balaban J connectivity index is 1.44. The number of ether oxygens (including phenoxy) is 1. The number of nitrogens with zero attached hydrogens (tertiary/aromatic N) is 1. The first kappa shape index (κ1) is 18.2. The summed E-state index contributed by atoms with van der Waals surface area (Å²) in [4.78, 5) is 0. The lowest BCUT2D eigenvalue weighted by atomic mass is 10.1. The number of hydrazine groups is 2. The third kappa shape index (κ3) is 3.89. The maximum absolute atomic E-state index is 5.52. The van der Waals surface area contributed by atoms with Gasteiger partial charge in [0.15, 0.2) is 0 Å². The predicted molar refractivity (Wildman–Crippen MR) is 116 cm³/mol. The first-order chi connectivity index (χ1) is 13.8. The van der Waals surface area contributed by atoms with Crippen molar-refractivity contribution in [3.8, 4) is 5.75 Å². The molecule has 4 rings (SSSR count). The second kappa shape index (κ2) is 8.23. The smallest absolute Gasteiger partial charge is 0.119 e. The topological polar surface area (TPSA) is 48.6 Å². The van der Waals surface area contributed by atoms with Crippen LogP contribution in [0.1, 0.15) is 25.0 Å². The first-order valence-electron chi connectivity index (χ1n) is 9.77. The first-order valence-corrected chi connectivity index (χ1v) is 9.77. The van der Waals surface area contributed by atoms with E-state index in [2.05, 4.69) is 65.7 Å². The molecule has 0 spiro atoms. The van der Waals surface area contributed by atoms with Gasteiger partial charge in [-0.05, 0) is 66.9 Å². The van der Waals surface area contributed by atoms with E-state index in [1.165, 1.54) is 11.1 Å². The molecule has 0 fully saturated rings. The van der Waals surface area contributed by atoms with Gasteiger partial charge in [-0.2, -0.15) is 0 Å². The van der Waals surface area contributed by atoms with Crippen LogP contribution in [0.4, 0.5) is 22.7 Å². The van der Waals surface area contributed by atoms with Crippen LogP contribution < -0.4 is 26.0 Å². The second-order valence-electron chi connectivity index (χ2n) is 6.75. The van der Waals surface area contributed by atoms with Crippen molar-refractivity contribution in [3.63, 3.8) is 0 Å². The van der Waals surface area contributed by atoms with Gasteiger partial charge in [0.2, 0.25) is 0 Å². The zero-order valence-electron chi connectivity index (χ0n) is 16.3. The molecule has 0 saturated heterocycles. The molecule has 28 heavy (non-hydrogen) atoms. The van der Waals surface area contributed by atoms with Crippen molar-refractivity contribution in [2.75, 3.05) is 22.4 Å². The van der Waals surface area contributed by atoms with Crippen LogP contribution in [0.2, 0.25) is 0 Å². The third-order valence-corrected chi connectivity index (χ3v) is 4.87. The van der Waals surface area contributed by atoms with Crippen LogP contribution in [0.5, 0.6) is 5.75 Å². The SMILES string of the molecule is CCOc1ccc(N2NNc3cc(NCc4ccc(CC)cc4)ccc32)cc1. The lowest BCUT2D eigenvalue weighted by Gasteiger charge is -2.18. The molecule has 3 N–H and O–H groups in total. The fourth-order valence-electron chi connectivity index (χ4n) is 3.28. The minimum absolute atomic E-state index is 0.671. The van der Waals surface area contributed by atoms with Crippen molar-refractivity contribution in [2.24, 2.45) is 0 Å². The molecular weight excluding hydrogens is 348 g/mol. The maximum atomic E-state index is 5.52. The number of rotatable bonds is 7. The maximum Gasteiger partial charge on any atom is 0.119 e. The van der Waals surface area contributed by atoms with Crippen LogP contribution in [-0.4, -0.2) is 6.61 Å². The number of aryl methyl sites for hydroxylation is 1. The molecule has 0 aromatic heterocycles. The molecule has 0 atom stereocenters. The summed E-state index contributed by atoms with van der Waals surface area (Å²) in [5.41, 5.74) is 13.4. The molecule has 0 bridgehead atoms. The van der Waals surface area contributed by atoms with Gasteiger partial charge < -0.3 is 15.5 Å². The molecule has 0 saturated carbocycles. The fourth-order valence-corrected chi connectivity index (χ4v) is 3.28. The highest BCUT2D eigenvalue weighted by molar-refractivity contribution is 5.82. The minimum atomic E-state index is 0.671. The van der Waals surface area contributed by atoms with E-state index in [1.54, 1.807) is 0 Å². The average molecular weight is 374 g/mol. The number of nitrogens with one attached hydrogen (secondary N) is 3. The van der Waals surface area contributed by atoms with Crippen molar-refractivity contribution >= 4 is 22.7 Å². The fraction of sp³-hybridized carbons (Fsp3) is 0.217. The van der Waals surface area contributed by atoms with Crippen LogP contribution in [0.25, 0.3) is 0 Å². The van der Waals surface area contributed by atoms with Crippen molar-refractivity contribution in [3.05, 3.63) is 77.9 Å². The summed E-state index contributed by atoms with van der Waals surface area (Å²) in [5, 5.41) is 5.53. The molecule has 0 aliphatic carbocycles. The molecule has 5 nitrogen and oxygen atoms in total. The van der Waals surface area contributed by atoms with Gasteiger partial charge in [-0.25, -0.2) is 0 Å². The van der Waals surface area contributed by atoms with Crippen molar-refractivity contribution in [2.45, 2.75) is 26.8 Å². The Labute approximate surface area is 166 Å². The lowest BCUT2D eigenvalue weighted by Crippen LogP contribution is -2.31. The van der Waals surface area contributed by atoms with Crippen LogP contribution in [0.3, 0.4) is 0 Å². The summed E-state index contributed by atoms with van der Waals surface area (Å²) in [7, 11) is 0. The highest BCUT2D eigenvalue weighted by atomic mass is 16.5. The van der Waals surface area contributed by atoms with E-state index in [9.17, 15) is 0 Å². The molecule has 1 aliphatic rings. The molecule has 144 valence electrons. The van der Waals surface area contributed by atoms with Crippen molar-refractivity contribution < 1.29 is 4.74 Å². The Bertz CT molecular complexity index is 922. The number of benzene rings is 3. The van der Waals surface area contributed by atoms with Gasteiger partial charge >= 0.3 is 0 Å². The highest BCUT2D eigenvalue weighted by Crippen LogP contribution is 2.36. The monoisotopic (exact) mass is 374 g/mol. The van der Waals surface area contributed by atoms with E-state index >= 15 is 0 Å². The molecule has 5 heteroatoms. The predicted octanol–water partition coefficient (Wildman–Crippen LogP) is 5.24. The lowest BCUT2D eigenvalue weighted by molar-refractivity contribution is 0.340. The normalized spacial score (nSPS) is 12.4. The van der Waals surface area contributed by atoms with Crippen LogP contribution >= 0.6 is 0 Å². The quantitative estimate of drug-likeness (QED) is 0.528. The van der Waals surface area contributed by atoms with Crippen molar-refractivity contribution in [1.29, 1.82) is 0 Å². The Kier molecular flexibility index (Phi) is 5.35. The molecule has 1 heterocycles. The summed E-state index contributed by atoms with van der Waals surface area (Å²) < 4.78 is 5.52. The molecule has 1 aliphatic heterocycles. The van der Waals surface area contributed by atoms with Gasteiger partial charge in [0.25, 0.3) is 0 Å². The Hall–Kier alpha value is -3.18. The molecule has 0 amide bonds. The summed E-state index contributed by atoms with van der Waals surface area (Å²) in [6.07, 6.45) is 1.07. The summed E-state index contributed by atoms with van der Waals surface area (Å²) in [6.45, 7) is 5.64. The number of fused-ring (bicyclic) bond motifs is 1. The number of anilines is 4. The van der Waals surface area contributed by atoms with E-state index in [4.69, 9.17) is 4.74 Å². The summed E-state index contributed by atoms with van der Waals surface area (Å²) >= 11 is 0. The van der Waals surface area contributed by atoms with Gasteiger partial charge in [-0.15, -0.1) is 5.53 Å². The van der Waals surface area contributed by atoms with Gasteiger partial charge in [-0.3, -0.25) is 5.01 Å². The van der Waals surface area contributed by atoms with E-state index < -0.39 is 0 Å². The second-order valence-corrected chi connectivity index (χ2v) is 6.75. The van der Waals surface area contributed by atoms with Gasteiger partial charge in [0.1, 0.15) is 5.75 Å². The van der Waals surface area contributed by atoms with E-state index in [0.717, 1.165) is 41.5 Å². The van der Waals surface area contributed by atoms with Gasteiger partial charge in [-0.1, -0.05) is 31.2 Å². The zero-order chi connectivity index (χ0) is 19.3. The van der Waals surface area contributed by atoms with Crippen LogP contribution in [0, 0.1) is 0 Å². The largest absolute Gasteiger partial charge is 0.494 e. The number of hydrogen-bond donors (Lipinski definition) is 3. The van der Waals surface area contributed by atoms with Gasteiger partial charge in [0, 0.05) is 12.2 Å². The van der Waals surface area contributed by atoms with Crippen LogP contribution in [-0.2, 0) is 13.0 Å². The van der Waals surface area contributed by atoms with E-state index in [1.807, 2.05) is 36.2 Å². The highest BCUT2D eigenvalue weighted by Gasteiger charge is 2.20. The average Bonchev–Trinajstić information content (AvgIpc) is 3.17. The molecule has 3 aromatic carbocycles. The van der Waals surface area contributed by atoms with E-state index in [0.29, 0.717) is 6.61 Å². The molecule has 0 unspecified atom stereocenters. The van der Waals surface area contributed by atoms with Crippen LogP contribution in [0.15, 0.2) is 66.7 Å². The Morgan fingerprint density at radius 1 is 0.893 bits per heavy atom. The Morgan fingerprint density at radius 2 is 1.64 bits per heavy atom. The third-order valence-electron chi connectivity index (χ3n) is 4.87. The standard InChI is InChI=1S/C23H26N4O/c1-3-17-5-7-18(8-6-17)16-24-19-9-14-23-22(15-19)25-26-27(23)20-10-12-21(13-11-20)28-4-2/h5-15,24-26H,3-4,16H2,1-2H3. The van der Waals surface area contributed by atoms with Crippen molar-refractivity contribution in [1.82, 2.24) is 5.53 Å². The minimum Gasteiger partial charge on any atom is -0.494 e. The summed E-state index contributed by atoms with van der Waals surface area (Å²) in [5.74, 6) is 0.880. The zero-order valence-corrected chi connectivity index (χ0v) is 16.3. The van der Waals surface area contributed by atoms with Gasteiger partial charge in [0.05, 0.1) is 23.7 Å². The molecule has 0 radical (unpaired) electrons. The summed E-state index contributed by atoms with van der Waals surface area (Å²) in [6, 6.07) is 23.2. The molecule has 3 aromatic rings.